The van der Waals surface area contributed by atoms with Gasteiger partial charge >= 0.3 is 6.18 Å². The normalized spacial score (nSPS) is 20.8. The fourth-order valence-corrected chi connectivity index (χ4v) is 6.29. The van der Waals surface area contributed by atoms with E-state index in [0.717, 1.165) is 23.7 Å². The lowest BCUT2D eigenvalue weighted by molar-refractivity contribution is -0.0901. The molecule has 0 radical (unpaired) electrons. The van der Waals surface area contributed by atoms with Crippen molar-refractivity contribution in [1.82, 2.24) is 9.61 Å². The Hall–Kier alpha value is -2.73. The van der Waals surface area contributed by atoms with E-state index in [9.17, 15) is 22.4 Å². The Morgan fingerprint density at radius 2 is 1.94 bits per heavy atom. The Morgan fingerprint density at radius 3 is 2.66 bits per heavy atom. The van der Waals surface area contributed by atoms with Crippen molar-refractivity contribution < 1.29 is 22.4 Å². The number of halogens is 4. The summed E-state index contributed by atoms with van der Waals surface area (Å²) in [6.45, 7) is 0. The van der Waals surface area contributed by atoms with Crippen LogP contribution in [0.1, 0.15) is 29.6 Å². The first-order chi connectivity index (χ1) is 15.2. The molecule has 1 saturated carbocycles. The summed E-state index contributed by atoms with van der Waals surface area (Å²) in [6.07, 6.45) is 1.35. The molecule has 0 spiro atoms. The van der Waals surface area contributed by atoms with Crippen LogP contribution >= 0.6 is 8.58 Å². The molecule has 5 rings (SSSR count). The van der Waals surface area contributed by atoms with E-state index in [1.807, 2.05) is 6.07 Å². The van der Waals surface area contributed by atoms with Crippen molar-refractivity contribution in [3.8, 4) is 0 Å². The first kappa shape index (κ1) is 21.1. The highest BCUT2D eigenvalue weighted by Gasteiger charge is 2.55. The van der Waals surface area contributed by atoms with Crippen LogP contribution in [0, 0.1) is 11.7 Å². The van der Waals surface area contributed by atoms with E-state index in [0.29, 0.717) is 23.2 Å². The Balaban J connectivity index is 1.41. The van der Waals surface area contributed by atoms with Crippen molar-refractivity contribution in [1.29, 1.82) is 0 Å². The first-order valence-electron chi connectivity index (χ1n) is 10.3. The molecule has 32 heavy (non-hydrogen) atoms. The summed E-state index contributed by atoms with van der Waals surface area (Å²) in [5.41, 5.74) is 1.94. The van der Waals surface area contributed by atoms with Crippen LogP contribution in [0.3, 0.4) is 0 Å². The number of pyridine rings is 1. The Kier molecular flexibility index (Phi) is 5.08. The number of hydrogen-bond donors (Lipinski definition) is 0. The maximum atomic E-state index is 13.3. The van der Waals surface area contributed by atoms with E-state index in [1.165, 1.54) is 29.2 Å². The van der Waals surface area contributed by atoms with E-state index in [-0.39, 0.29) is 25.7 Å². The van der Waals surface area contributed by atoms with Gasteiger partial charge in [0.2, 0.25) is 0 Å². The smallest absolute Gasteiger partial charge is 0.311 e. The minimum absolute atomic E-state index is 0.0967. The zero-order chi connectivity index (χ0) is 22.6. The number of alkyl halides is 3. The van der Waals surface area contributed by atoms with Gasteiger partial charge in [-0.3, -0.25) is 4.79 Å². The van der Waals surface area contributed by atoms with Gasteiger partial charge in [-0.25, -0.2) is 8.91 Å². The molecule has 3 aromatic rings. The van der Waals surface area contributed by atoms with Crippen molar-refractivity contribution in [3.63, 3.8) is 0 Å². The summed E-state index contributed by atoms with van der Waals surface area (Å²) in [7, 11) is 1.82. The molecular weight excluding hydrogens is 441 g/mol. The number of amides is 1. The minimum Gasteiger partial charge on any atom is -0.311 e. The molecule has 0 aliphatic heterocycles. The number of hydrogen-bond acceptors (Lipinski definition) is 2. The summed E-state index contributed by atoms with van der Waals surface area (Å²) >= 11 is 0. The van der Waals surface area contributed by atoms with Crippen LogP contribution in [0.5, 0.6) is 0 Å². The zero-order valence-corrected chi connectivity index (χ0v) is 18.2. The second-order valence-electron chi connectivity index (χ2n) is 8.19. The number of anilines is 1. The number of aromatic nitrogens is 2. The SMILES string of the molecule is CN(C(=O)c1ccc(F)cc1)c1ccn2ncc(PC3CCCC4C3=C4C(F)(F)F)c2c1. The van der Waals surface area contributed by atoms with Crippen LogP contribution < -0.4 is 10.2 Å². The van der Waals surface area contributed by atoms with Gasteiger partial charge in [0.1, 0.15) is 5.82 Å². The molecular formula is C23H20F4N3OP. The second kappa shape index (κ2) is 7.69. The number of fused-ring (bicyclic) bond motifs is 2. The maximum Gasteiger partial charge on any atom is 0.413 e. The molecule has 166 valence electrons. The predicted molar refractivity (Wildman–Crippen MR) is 116 cm³/mol. The molecule has 1 aromatic carbocycles. The number of benzene rings is 1. The molecule has 1 fully saturated rings. The van der Waals surface area contributed by atoms with Gasteiger partial charge in [-0.05, 0) is 54.8 Å². The maximum absolute atomic E-state index is 13.3. The fraction of sp³-hybridized carbons (Fsp3) is 0.304. The molecule has 0 N–H and O–H groups in total. The first-order valence-corrected chi connectivity index (χ1v) is 11.4. The molecule has 2 aromatic heterocycles. The lowest BCUT2D eigenvalue weighted by Crippen LogP contribution is -2.26. The number of rotatable bonds is 4. The van der Waals surface area contributed by atoms with Gasteiger partial charge in [0.25, 0.3) is 5.91 Å². The average Bonchev–Trinajstić information content (AvgIpc) is 3.41. The monoisotopic (exact) mass is 461 g/mol. The third-order valence-electron chi connectivity index (χ3n) is 6.24. The van der Waals surface area contributed by atoms with Gasteiger partial charge in [0, 0.05) is 46.9 Å². The summed E-state index contributed by atoms with van der Waals surface area (Å²) < 4.78 is 54.7. The lowest BCUT2D eigenvalue weighted by atomic mass is 9.99. The standard InChI is InChI=1S/C23H20F4N3OP/c1-29(22(31)13-5-7-14(24)8-6-13)15-9-10-30-17(11-15)19(12-28-30)32-18-4-2-3-16-20(18)21(16)23(25,26)27/h5-12,16,18,32H,2-4H2,1H3. The van der Waals surface area contributed by atoms with E-state index in [2.05, 4.69) is 5.10 Å². The molecule has 3 atom stereocenters. The van der Waals surface area contributed by atoms with E-state index < -0.39 is 17.9 Å². The van der Waals surface area contributed by atoms with Crippen molar-refractivity contribution in [3.05, 3.63) is 71.3 Å². The Labute approximate surface area is 183 Å². The third-order valence-corrected chi connectivity index (χ3v) is 7.88. The van der Waals surface area contributed by atoms with E-state index in [4.69, 9.17) is 0 Å². The molecule has 0 saturated heterocycles. The molecule has 2 aliphatic carbocycles. The van der Waals surface area contributed by atoms with Gasteiger partial charge in [0.05, 0.1) is 11.7 Å². The minimum atomic E-state index is -4.23. The van der Waals surface area contributed by atoms with Crippen LogP contribution in [-0.2, 0) is 0 Å². The lowest BCUT2D eigenvalue weighted by Gasteiger charge is -2.20. The van der Waals surface area contributed by atoms with Crippen molar-refractivity contribution >= 4 is 31.0 Å². The van der Waals surface area contributed by atoms with Gasteiger partial charge in [-0.1, -0.05) is 15.0 Å². The van der Waals surface area contributed by atoms with E-state index in [1.54, 1.807) is 30.0 Å². The number of carbonyl (C=O) groups excluding carboxylic acids is 1. The highest BCUT2D eigenvalue weighted by Crippen LogP contribution is 2.59. The third kappa shape index (κ3) is 3.71. The molecule has 2 heterocycles. The van der Waals surface area contributed by atoms with Gasteiger partial charge in [0.15, 0.2) is 0 Å². The zero-order valence-electron chi connectivity index (χ0n) is 17.2. The molecule has 1 amide bonds. The summed E-state index contributed by atoms with van der Waals surface area (Å²) in [4.78, 5) is 14.2. The number of nitrogens with zero attached hydrogens (tertiary/aromatic N) is 3. The van der Waals surface area contributed by atoms with Crippen LogP contribution in [0.15, 0.2) is 59.9 Å². The van der Waals surface area contributed by atoms with Gasteiger partial charge < -0.3 is 4.90 Å². The van der Waals surface area contributed by atoms with Gasteiger partial charge in [-0.2, -0.15) is 18.3 Å². The fourth-order valence-electron chi connectivity index (χ4n) is 4.59. The van der Waals surface area contributed by atoms with Crippen LogP contribution in [-0.4, -0.2) is 34.4 Å². The Bertz CT molecular complexity index is 1230. The summed E-state index contributed by atoms with van der Waals surface area (Å²) in [6, 6.07) is 8.90. The molecule has 4 nitrogen and oxygen atoms in total. The largest absolute Gasteiger partial charge is 0.413 e. The van der Waals surface area contributed by atoms with Crippen molar-refractivity contribution in [2.75, 3.05) is 11.9 Å². The van der Waals surface area contributed by atoms with Crippen molar-refractivity contribution in [2.24, 2.45) is 5.92 Å². The number of allylic oxidation sites excluding steroid dienone is 2. The summed E-state index contributed by atoms with van der Waals surface area (Å²) in [5.74, 6) is -1.09. The molecule has 9 heteroatoms. The van der Waals surface area contributed by atoms with Gasteiger partial charge in [-0.15, -0.1) is 0 Å². The van der Waals surface area contributed by atoms with Crippen LogP contribution in [0.4, 0.5) is 23.2 Å². The molecule has 2 aliphatic rings. The van der Waals surface area contributed by atoms with Crippen molar-refractivity contribution in [2.45, 2.75) is 31.1 Å². The second-order valence-corrected chi connectivity index (χ2v) is 9.72. The predicted octanol–water partition coefficient (Wildman–Crippen LogP) is 5.10. The van der Waals surface area contributed by atoms with Crippen LogP contribution in [0.2, 0.25) is 0 Å². The topological polar surface area (TPSA) is 37.6 Å². The van der Waals surface area contributed by atoms with Crippen LogP contribution in [0.25, 0.3) is 5.52 Å². The highest BCUT2D eigenvalue weighted by molar-refractivity contribution is 7.49. The molecule has 0 bridgehead atoms. The summed E-state index contributed by atoms with van der Waals surface area (Å²) in [5, 5.41) is 5.23. The Morgan fingerprint density at radius 1 is 1.19 bits per heavy atom. The quantitative estimate of drug-likeness (QED) is 0.308. The van der Waals surface area contributed by atoms with E-state index >= 15 is 0 Å². The number of carbonyl (C=O) groups is 1. The highest BCUT2D eigenvalue weighted by atomic mass is 31.1. The average molecular weight is 461 g/mol. The molecule has 3 unspecified atom stereocenters.